The average Bonchev–Trinajstić information content (AvgIpc) is 2.33. The van der Waals surface area contributed by atoms with Gasteiger partial charge in [0.1, 0.15) is 5.82 Å². The summed E-state index contributed by atoms with van der Waals surface area (Å²) in [6.45, 7) is 5.31. The number of rotatable bonds is 6. The molecule has 1 rings (SSSR count). The Hall–Kier alpha value is -1.62. The molecule has 1 atom stereocenters. The SMILES string of the molecule is CCC(C)CN(C)CC(=O)Nc1cc(N)ccc1F. The van der Waals surface area contributed by atoms with E-state index in [0.29, 0.717) is 11.6 Å². The molecule has 0 aromatic heterocycles. The Morgan fingerprint density at radius 3 is 2.84 bits per heavy atom. The second-order valence-electron chi connectivity index (χ2n) is 5.00. The van der Waals surface area contributed by atoms with Crippen molar-refractivity contribution in [3.05, 3.63) is 24.0 Å². The van der Waals surface area contributed by atoms with Crippen LogP contribution in [0.5, 0.6) is 0 Å². The first-order valence-corrected chi connectivity index (χ1v) is 6.45. The van der Waals surface area contributed by atoms with Crippen molar-refractivity contribution in [2.24, 2.45) is 5.92 Å². The minimum atomic E-state index is -0.480. The lowest BCUT2D eigenvalue weighted by atomic mass is 10.1. The van der Waals surface area contributed by atoms with Gasteiger partial charge < -0.3 is 11.1 Å². The summed E-state index contributed by atoms with van der Waals surface area (Å²) in [5.41, 5.74) is 6.11. The zero-order chi connectivity index (χ0) is 14.4. The van der Waals surface area contributed by atoms with Crippen molar-refractivity contribution < 1.29 is 9.18 Å². The number of likely N-dealkylation sites (N-methyl/N-ethyl adjacent to an activating group) is 1. The maximum atomic E-state index is 13.4. The minimum Gasteiger partial charge on any atom is -0.399 e. The molecule has 3 N–H and O–H groups in total. The summed E-state index contributed by atoms with van der Waals surface area (Å²) >= 11 is 0. The van der Waals surface area contributed by atoms with Gasteiger partial charge in [-0.3, -0.25) is 9.69 Å². The van der Waals surface area contributed by atoms with E-state index in [1.165, 1.54) is 18.2 Å². The van der Waals surface area contributed by atoms with Gasteiger partial charge in [0.2, 0.25) is 5.91 Å². The standard InChI is InChI=1S/C14H22FN3O/c1-4-10(2)8-18(3)9-14(19)17-13-7-11(16)5-6-12(13)15/h5-7,10H,4,8-9,16H2,1-3H3,(H,17,19). The quantitative estimate of drug-likeness (QED) is 0.778. The van der Waals surface area contributed by atoms with Crippen molar-refractivity contribution in [2.75, 3.05) is 31.2 Å². The van der Waals surface area contributed by atoms with Crippen LogP contribution in [0.15, 0.2) is 18.2 Å². The van der Waals surface area contributed by atoms with Gasteiger partial charge >= 0.3 is 0 Å². The van der Waals surface area contributed by atoms with Crippen LogP contribution >= 0.6 is 0 Å². The zero-order valence-corrected chi connectivity index (χ0v) is 11.7. The number of halogens is 1. The van der Waals surface area contributed by atoms with Crippen molar-refractivity contribution in [1.82, 2.24) is 4.90 Å². The van der Waals surface area contributed by atoms with Gasteiger partial charge in [-0.05, 0) is 31.2 Å². The van der Waals surface area contributed by atoms with Gasteiger partial charge in [-0.1, -0.05) is 20.3 Å². The van der Waals surface area contributed by atoms with Crippen molar-refractivity contribution >= 4 is 17.3 Å². The lowest BCUT2D eigenvalue weighted by molar-refractivity contribution is -0.117. The molecule has 0 fully saturated rings. The summed E-state index contributed by atoms with van der Waals surface area (Å²) < 4.78 is 13.4. The minimum absolute atomic E-state index is 0.127. The highest BCUT2D eigenvalue weighted by Crippen LogP contribution is 2.17. The first-order chi connectivity index (χ1) is 8.92. The van der Waals surface area contributed by atoms with E-state index in [9.17, 15) is 9.18 Å². The van der Waals surface area contributed by atoms with E-state index < -0.39 is 5.82 Å². The molecule has 0 saturated carbocycles. The molecule has 0 aliphatic carbocycles. The van der Waals surface area contributed by atoms with Crippen LogP contribution in [0.1, 0.15) is 20.3 Å². The highest BCUT2D eigenvalue weighted by Gasteiger charge is 2.11. The van der Waals surface area contributed by atoms with Crippen LogP contribution in [-0.2, 0) is 4.79 Å². The molecule has 1 aromatic carbocycles. The van der Waals surface area contributed by atoms with Crippen molar-refractivity contribution in [3.63, 3.8) is 0 Å². The second kappa shape index (κ2) is 7.09. The van der Waals surface area contributed by atoms with Gasteiger partial charge in [0.25, 0.3) is 0 Å². The van der Waals surface area contributed by atoms with Crippen LogP contribution in [0.3, 0.4) is 0 Å². The van der Waals surface area contributed by atoms with E-state index in [0.717, 1.165) is 13.0 Å². The molecular formula is C14H22FN3O. The molecule has 0 saturated heterocycles. The topological polar surface area (TPSA) is 58.4 Å². The first-order valence-electron chi connectivity index (χ1n) is 6.45. The number of nitrogen functional groups attached to an aromatic ring is 1. The van der Waals surface area contributed by atoms with E-state index >= 15 is 0 Å². The summed E-state index contributed by atoms with van der Waals surface area (Å²) in [5.74, 6) is -0.190. The largest absolute Gasteiger partial charge is 0.399 e. The van der Waals surface area contributed by atoms with Gasteiger partial charge in [0.05, 0.1) is 12.2 Å². The number of carbonyl (C=O) groups excluding carboxylic acids is 1. The Morgan fingerprint density at radius 2 is 2.21 bits per heavy atom. The van der Waals surface area contributed by atoms with Crippen LogP contribution in [0.25, 0.3) is 0 Å². The third-order valence-corrected chi connectivity index (χ3v) is 3.00. The fraction of sp³-hybridized carbons (Fsp3) is 0.500. The van der Waals surface area contributed by atoms with Crippen molar-refractivity contribution in [1.29, 1.82) is 0 Å². The number of hydrogen-bond acceptors (Lipinski definition) is 3. The predicted molar refractivity (Wildman–Crippen MR) is 76.4 cm³/mol. The molecule has 0 aliphatic heterocycles. The zero-order valence-electron chi connectivity index (χ0n) is 11.7. The molecule has 0 spiro atoms. The first kappa shape index (κ1) is 15.4. The third-order valence-electron chi connectivity index (χ3n) is 3.00. The Balaban J connectivity index is 2.53. The molecule has 106 valence electrons. The molecule has 1 aromatic rings. The molecule has 5 heteroatoms. The van der Waals surface area contributed by atoms with Crippen LogP contribution in [-0.4, -0.2) is 30.9 Å². The van der Waals surface area contributed by atoms with E-state index in [-0.39, 0.29) is 18.1 Å². The Kier molecular flexibility index (Phi) is 5.76. The number of amides is 1. The Morgan fingerprint density at radius 1 is 1.53 bits per heavy atom. The maximum absolute atomic E-state index is 13.4. The number of nitrogens with one attached hydrogen (secondary N) is 1. The Bertz CT molecular complexity index is 437. The van der Waals surface area contributed by atoms with Crippen LogP contribution in [0.2, 0.25) is 0 Å². The van der Waals surface area contributed by atoms with Gasteiger partial charge in [0.15, 0.2) is 0 Å². The van der Waals surface area contributed by atoms with Crippen LogP contribution < -0.4 is 11.1 Å². The highest BCUT2D eigenvalue weighted by molar-refractivity contribution is 5.92. The van der Waals surface area contributed by atoms with Gasteiger partial charge in [-0.2, -0.15) is 0 Å². The van der Waals surface area contributed by atoms with Gasteiger partial charge in [-0.15, -0.1) is 0 Å². The summed E-state index contributed by atoms with van der Waals surface area (Å²) in [5, 5.41) is 2.54. The van der Waals surface area contributed by atoms with E-state index in [2.05, 4.69) is 19.2 Å². The second-order valence-corrected chi connectivity index (χ2v) is 5.00. The molecular weight excluding hydrogens is 245 g/mol. The predicted octanol–water partition coefficient (Wildman–Crippen LogP) is 2.32. The average molecular weight is 267 g/mol. The monoisotopic (exact) mass is 267 g/mol. The maximum Gasteiger partial charge on any atom is 0.238 e. The normalized spacial score (nSPS) is 12.5. The summed E-state index contributed by atoms with van der Waals surface area (Å²) in [4.78, 5) is 13.7. The number of anilines is 2. The molecule has 0 aliphatic rings. The van der Waals surface area contributed by atoms with Crippen LogP contribution in [0, 0.1) is 11.7 Å². The molecule has 0 radical (unpaired) electrons. The molecule has 0 heterocycles. The molecule has 0 bridgehead atoms. The third kappa shape index (κ3) is 5.26. The van der Waals surface area contributed by atoms with E-state index in [1.807, 2.05) is 11.9 Å². The summed E-state index contributed by atoms with van der Waals surface area (Å²) in [6, 6.07) is 4.12. The number of nitrogens with zero attached hydrogens (tertiary/aromatic N) is 1. The molecule has 19 heavy (non-hydrogen) atoms. The number of benzene rings is 1. The number of nitrogens with two attached hydrogens (primary N) is 1. The summed E-state index contributed by atoms with van der Waals surface area (Å²) in [6.07, 6.45) is 1.07. The van der Waals surface area contributed by atoms with Crippen LogP contribution in [0.4, 0.5) is 15.8 Å². The smallest absolute Gasteiger partial charge is 0.238 e. The fourth-order valence-corrected chi connectivity index (χ4v) is 1.80. The fourth-order valence-electron chi connectivity index (χ4n) is 1.80. The molecule has 1 amide bonds. The van der Waals surface area contributed by atoms with Crippen molar-refractivity contribution in [2.45, 2.75) is 20.3 Å². The van der Waals surface area contributed by atoms with Gasteiger partial charge in [-0.25, -0.2) is 4.39 Å². The lowest BCUT2D eigenvalue weighted by Crippen LogP contribution is -2.33. The van der Waals surface area contributed by atoms with Crippen molar-refractivity contribution in [3.8, 4) is 0 Å². The molecule has 4 nitrogen and oxygen atoms in total. The summed E-state index contributed by atoms with van der Waals surface area (Å²) in [7, 11) is 1.88. The number of carbonyl (C=O) groups is 1. The lowest BCUT2D eigenvalue weighted by Gasteiger charge is -2.19. The van der Waals surface area contributed by atoms with E-state index in [1.54, 1.807) is 0 Å². The van der Waals surface area contributed by atoms with E-state index in [4.69, 9.17) is 5.73 Å². The highest BCUT2D eigenvalue weighted by atomic mass is 19.1. The Labute approximate surface area is 113 Å². The number of hydrogen-bond donors (Lipinski definition) is 2. The van der Waals surface area contributed by atoms with Gasteiger partial charge in [0, 0.05) is 12.2 Å². The molecule has 1 unspecified atom stereocenters.